The predicted octanol–water partition coefficient (Wildman–Crippen LogP) is -0.351. The third kappa shape index (κ3) is 2.69. The molecule has 2 fully saturated rings. The summed E-state index contributed by atoms with van der Waals surface area (Å²) in [4.78, 5) is 26.8. The monoisotopic (exact) mass is 241 g/mol. The number of nitrogens with one attached hydrogen (secondary N) is 1. The van der Waals surface area contributed by atoms with E-state index in [1.807, 2.05) is 6.92 Å². The molecule has 96 valence electrons. The summed E-state index contributed by atoms with van der Waals surface area (Å²) in [5, 5.41) is 2.79. The van der Waals surface area contributed by atoms with Gasteiger partial charge in [0.2, 0.25) is 5.91 Å². The minimum atomic E-state index is -0.00988. The first-order valence-corrected chi connectivity index (χ1v) is 6.12. The van der Waals surface area contributed by atoms with Crippen LogP contribution in [0.5, 0.6) is 0 Å². The Morgan fingerprint density at radius 3 is 3.12 bits per heavy atom. The molecule has 0 aromatic rings. The van der Waals surface area contributed by atoms with Crippen molar-refractivity contribution in [3.05, 3.63) is 0 Å². The topological polar surface area (TPSA) is 61.9 Å². The van der Waals surface area contributed by atoms with E-state index in [1.165, 1.54) is 0 Å². The molecule has 1 N–H and O–H groups in total. The van der Waals surface area contributed by atoms with Crippen molar-refractivity contribution < 1.29 is 14.3 Å². The lowest BCUT2D eigenvalue weighted by atomic mass is 10.2. The van der Waals surface area contributed by atoms with E-state index < -0.39 is 0 Å². The fourth-order valence-electron chi connectivity index (χ4n) is 2.23. The minimum absolute atomic E-state index is 0.00988. The fourth-order valence-corrected chi connectivity index (χ4v) is 2.23. The molecule has 2 heterocycles. The summed E-state index contributed by atoms with van der Waals surface area (Å²) in [5.74, 6) is 0.0254. The van der Waals surface area contributed by atoms with Crippen molar-refractivity contribution in [1.82, 2.24) is 15.1 Å². The summed E-state index contributed by atoms with van der Waals surface area (Å²) in [5.41, 5.74) is 0. The van der Waals surface area contributed by atoms with E-state index in [-0.39, 0.29) is 24.6 Å². The van der Waals surface area contributed by atoms with Crippen LogP contribution < -0.4 is 5.32 Å². The molecule has 2 rings (SSSR count). The second kappa shape index (κ2) is 5.35. The SMILES string of the molecule is CCCOCC(=O)N1CCN2C(=O)NCC2C1. The van der Waals surface area contributed by atoms with Crippen molar-refractivity contribution in [3.63, 3.8) is 0 Å². The molecular weight excluding hydrogens is 222 g/mol. The number of urea groups is 1. The van der Waals surface area contributed by atoms with Gasteiger partial charge in [-0.2, -0.15) is 0 Å². The molecule has 0 radical (unpaired) electrons. The van der Waals surface area contributed by atoms with Crippen LogP contribution >= 0.6 is 0 Å². The standard InChI is InChI=1S/C11H19N3O3/c1-2-5-17-8-10(15)13-3-4-14-9(7-13)6-12-11(14)16/h9H,2-8H2,1H3,(H,12,16). The number of amides is 3. The van der Waals surface area contributed by atoms with Gasteiger partial charge in [0, 0.05) is 32.8 Å². The van der Waals surface area contributed by atoms with Gasteiger partial charge in [-0.1, -0.05) is 6.92 Å². The summed E-state index contributed by atoms with van der Waals surface area (Å²) in [6, 6.07) is 0.121. The van der Waals surface area contributed by atoms with Gasteiger partial charge in [-0.3, -0.25) is 4.79 Å². The Bertz CT molecular complexity index is 308. The lowest BCUT2D eigenvalue weighted by molar-refractivity contribution is -0.138. The molecule has 0 aromatic carbocycles. The van der Waals surface area contributed by atoms with E-state index in [1.54, 1.807) is 9.80 Å². The van der Waals surface area contributed by atoms with Gasteiger partial charge in [0.25, 0.3) is 0 Å². The number of carbonyl (C=O) groups excluding carboxylic acids is 2. The summed E-state index contributed by atoms with van der Waals surface area (Å²) in [7, 11) is 0. The van der Waals surface area contributed by atoms with Gasteiger partial charge in [-0.05, 0) is 6.42 Å². The van der Waals surface area contributed by atoms with Gasteiger partial charge in [0.15, 0.2) is 0 Å². The first kappa shape index (κ1) is 12.2. The van der Waals surface area contributed by atoms with Crippen LogP contribution in [0.1, 0.15) is 13.3 Å². The maximum Gasteiger partial charge on any atom is 0.317 e. The van der Waals surface area contributed by atoms with Crippen LogP contribution in [0.3, 0.4) is 0 Å². The van der Waals surface area contributed by atoms with Crippen molar-refractivity contribution in [1.29, 1.82) is 0 Å². The van der Waals surface area contributed by atoms with Gasteiger partial charge >= 0.3 is 6.03 Å². The first-order chi connectivity index (χ1) is 8.22. The molecule has 2 aliphatic heterocycles. The average Bonchev–Trinajstić information content (AvgIpc) is 2.71. The molecule has 6 heteroatoms. The van der Waals surface area contributed by atoms with Gasteiger partial charge in [-0.25, -0.2) is 4.79 Å². The summed E-state index contributed by atoms with van der Waals surface area (Å²) in [6.07, 6.45) is 0.919. The van der Waals surface area contributed by atoms with Crippen molar-refractivity contribution in [3.8, 4) is 0 Å². The van der Waals surface area contributed by atoms with Crippen LogP contribution in [-0.4, -0.2) is 67.2 Å². The number of rotatable bonds is 4. The zero-order chi connectivity index (χ0) is 12.3. The quantitative estimate of drug-likeness (QED) is 0.684. The van der Waals surface area contributed by atoms with Crippen LogP contribution in [0, 0.1) is 0 Å². The Morgan fingerprint density at radius 1 is 1.53 bits per heavy atom. The Morgan fingerprint density at radius 2 is 2.35 bits per heavy atom. The van der Waals surface area contributed by atoms with Crippen LogP contribution in [0.25, 0.3) is 0 Å². The molecule has 0 spiro atoms. The maximum absolute atomic E-state index is 11.8. The van der Waals surface area contributed by atoms with E-state index in [9.17, 15) is 9.59 Å². The first-order valence-electron chi connectivity index (χ1n) is 6.12. The highest BCUT2D eigenvalue weighted by Gasteiger charge is 2.36. The molecule has 1 atom stereocenters. The van der Waals surface area contributed by atoms with Crippen LogP contribution in [-0.2, 0) is 9.53 Å². The molecule has 0 saturated carbocycles. The normalized spacial score (nSPS) is 23.6. The predicted molar refractivity (Wildman–Crippen MR) is 61.6 cm³/mol. The zero-order valence-corrected chi connectivity index (χ0v) is 10.1. The largest absolute Gasteiger partial charge is 0.372 e. The van der Waals surface area contributed by atoms with E-state index in [2.05, 4.69) is 5.32 Å². The molecular formula is C11H19N3O3. The number of ether oxygens (including phenoxy) is 1. The van der Waals surface area contributed by atoms with Gasteiger partial charge in [0.05, 0.1) is 6.04 Å². The zero-order valence-electron chi connectivity index (χ0n) is 10.1. The summed E-state index contributed by atoms with van der Waals surface area (Å²) in [6.45, 7) is 5.27. The van der Waals surface area contributed by atoms with E-state index in [4.69, 9.17) is 4.74 Å². The van der Waals surface area contributed by atoms with Gasteiger partial charge in [-0.15, -0.1) is 0 Å². The second-order valence-electron chi connectivity index (χ2n) is 4.43. The minimum Gasteiger partial charge on any atom is -0.372 e. The van der Waals surface area contributed by atoms with Gasteiger partial charge < -0.3 is 19.9 Å². The van der Waals surface area contributed by atoms with Crippen molar-refractivity contribution in [2.75, 3.05) is 39.4 Å². The summed E-state index contributed by atoms with van der Waals surface area (Å²) < 4.78 is 5.24. The highest BCUT2D eigenvalue weighted by atomic mass is 16.5. The number of hydrogen-bond donors (Lipinski definition) is 1. The second-order valence-corrected chi connectivity index (χ2v) is 4.43. The smallest absolute Gasteiger partial charge is 0.317 e. The third-order valence-electron chi connectivity index (χ3n) is 3.16. The molecule has 2 saturated heterocycles. The molecule has 3 amide bonds. The lowest BCUT2D eigenvalue weighted by Crippen LogP contribution is -2.54. The molecule has 2 aliphatic rings. The van der Waals surface area contributed by atoms with Gasteiger partial charge in [0.1, 0.15) is 6.61 Å². The number of piperazine rings is 1. The molecule has 0 aromatic heterocycles. The molecule has 0 bridgehead atoms. The van der Waals surface area contributed by atoms with Crippen LogP contribution in [0.15, 0.2) is 0 Å². The number of fused-ring (bicyclic) bond motifs is 1. The Balaban J connectivity index is 1.80. The highest BCUT2D eigenvalue weighted by Crippen LogP contribution is 2.14. The Hall–Kier alpha value is -1.30. The number of hydrogen-bond acceptors (Lipinski definition) is 3. The third-order valence-corrected chi connectivity index (χ3v) is 3.16. The van der Waals surface area contributed by atoms with E-state index >= 15 is 0 Å². The van der Waals surface area contributed by atoms with Crippen molar-refractivity contribution >= 4 is 11.9 Å². The molecule has 6 nitrogen and oxygen atoms in total. The number of carbonyl (C=O) groups is 2. The van der Waals surface area contributed by atoms with Crippen LogP contribution in [0.2, 0.25) is 0 Å². The molecule has 17 heavy (non-hydrogen) atoms. The van der Waals surface area contributed by atoms with E-state index in [0.717, 1.165) is 6.42 Å². The number of nitrogens with zero attached hydrogens (tertiary/aromatic N) is 2. The lowest BCUT2D eigenvalue weighted by Gasteiger charge is -2.36. The average molecular weight is 241 g/mol. The highest BCUT2D eigenvalue weighted by molar-refractivity contribution is 5.80. The van der Waals surface area contributed by atoms with Crippen LogP contribution in [0.4, 0.5) is 4.79 Å². The van der Waals surface area contributed by atoms with E-state index in [0.29, 0.717) is 32.8 Å². The Labute approximate surface area is 101 Å². The summed E-state index contributed by atoms with van der Waals surface area (Å²) >= 11 is 0. The fraction of sp³-hybridized carbons (Fsp3) is 0.818. The Kier molecular flexibility index (Phi) is 3.83. The van der Waals surface area contributed by atoms with Crippen molar-refractivity contribution in [2.24, 2.45) is 0 Å². The molecule has 0 aliphatic carbocycles. The maximum atomic E-state index is 11.8. The molecule has 1 unspecified atom stereocenters. The van der Waals surface area contributed by atoms with Crippen molar-refractivity contribution in [2.45, 2.75) is 19.4 Å².